The van der Waals surface area contributed by atoms with Gasteiger partial charge in [0.25, 0.3) is 0 Å². The Morgan fingerprint density at radius 3 is 2.94 bits per heavy atom. The Bertz CT molecular complexity index is 331. The minimum atomic E-state index is 0.333. The third kappa shape index (κ3) is 6.52. The van der Waals surface area contributed by atoms with Crippen LogP contribution in [0.2, 0.25) is 0 Å². The van der Waals surface area contributed by atoms with Crippen LogP contribution in [-0.4, -0.2) is 26.2 Å². The topological polar surface area (TPSA) is 76.7 Å². The first kappa shape index (κ1) is 13.4. The molecule has 3 N–H and O–H groups in total. The molecule has 0 saturated carbocycles. The van der Waals surface area contributed by atoms with Gasteiger partial charge in [-0.3, -0.25) is 0 Å². The predicted molar refractivity (Wildman–Crippen MR) is 69.1 cm³/mol. The van der Waals surface area contributed by atoms with E-state index >= 15 is 0 Å². The van der Waals surface area contributed by atoms with Crippen LogP contribution in [0.15, 0.2) is 29.4 Å². The molecule has 0 atom stereocenters. The Labute approximate surface area is 101 Å². The SMILES string of the molecule is Nc1cccc(OCCCCNCCN=O)c1. The highest BCUT2D eigenvalue weighted by Crippen LogP contribution is 2.14. The highest BCUT2D eigenvalue weighted by atomic mass is 16.5. The van der Waals surface area contributed by atoms with Gasteiger partial charge in [-0.25, -0.2) is 0 Å². The van der Waals surface area contributed by atoms with Gasteiger partial charge in [-0.2, -0.15) is 4.91 Å². The van der Waals surface area contributed by atoms with Crippen molar-refractivity contribution in [1.82, 2.24) is 5.32 Å². The summed E-state index contributed by atoms with van der Waals surface area (Å²) in [6, 6.07) is 7.41. The van der Waals surface area contributed by atoms with Gasteiger partial charge >= 0.3 is 0 Å². The predicted octanol–water partition coefficient (Wildman–Crippen LogP) is 1.78. The summed E-state index contributed by atoms with van der Waals surface area (Å²) in [5.74, 6) is 0.808. The molecule has 0 spiro atoms. The normalized spacial score (nSPS) is 10.1. The number of nitrogens with two attached hydrogens (primary N) is 1. The van der Waals surface area contributed by atoms with E-state index < -0.39 is 0 Å². The molecule has 0 aromatic heterocycles. The standard InChI is InChI=1S/C12H19N3O2/c13-11-4-3-5-12(10-11)17-9-2-1-6-14-7-8-15-16/h3-5,10,14H,1-2,6-9,13H2. The van der Waals surface area contributed by atoms with Crippen molar-refractivity contribution in [2.45, 2.75) is 12.8 Å². The minimum Gasteiger partial charge on any atom is -0.494 e. The molecule has 0 aliphatic rings. The molecule has 0 aliphatic carbocycles. The van der Waals surface area contributed by atoms with Gasteiger partial charge in [0.05, 0.1) is 13.2 Å². The molecule has 0 amide bonds. The van der Waals surface area contributed by atoms with Crippen LogP contribution in [0, 0.1) is 4.91 Å². The molecule has 17 heavy (non-hydrogen) atoms. The van der Waals surface area contributed by atoms with Crippen LogP contribution >= 0.6 is 0 Å². The summed E-state index contributed by atoms with van der Waals surface area (Å²) in [5, 5.41) is 5.89. The third-order valence-corrected chi connectivity index (χ3v) is 2.25. The first-order valence-corrected chi connectivity index (χ1v) is 5.81. The summed E-state index contributed by atoms with van der Waals surface area (Å²) in [6.45, 7) is 2.55. The van der Waals surface area contributed by atoms with E-state index in [0.29, 0.717) is 25.4 Å². The molecule has 0 bridgehead atoms. The summed E-state index contributed by atoms with van der Waals surface area (Å²) >= 11 is 0. The zero-order valence-electron chi connectivity index (χ0n) is 9.89. The van der Waals surface area contributed by atoms with Gasteiger partial charge in [-0.1, -0.05) is 11.2 Å². The molecule has 0 aliphatic heterocycles. The average molecular weight is 237 g/mol. The van der Waals surface area contributed by atoms with Gasteiger partial charge in [0.15, 0.2) is 0 Å². The quantitative estimate of drug-likeness (QED) is 0.390. The van der Waals surface area contributed by atoms with E-state index in [1.807, 2.05) is 24.3 Å². The smallest absolute Gasteiger partial charge is 0.121 e. The third-order valence-electron chi connectivity index (χ3n) is 2.25. The Morgan fingerprint density at radius 1 is 1.29 bits per heavy atom. The van der Waals surface area contributed by atoms with E-state index in [2.05, 4.69) is 10.5 Å². The van der Waals surface area contributed by atoms with Crippen molar-refractivity contribution in [1.29, 1.82) is 0 Å². The first-order valence-electron chi connectivity index (χ1n) is 5.81. The number of rotatable bonds is 9. The maximum Gasteiger partial charge on any atom is 0.121 e. The molecular weight excluding hydrogens is 218 g/mol. The number of unbranched alkanes of at least 4 members (excludes halogenated alkanes) is 1. The Balaban J connectivity index is 1.99. The molecule has 5 heteroatoms. The number of nitrogens with one attached hydrogen (secondary N) is 1. The lowest BCUT2D eigenvalue weighted by Gasteiger charge is -2.06. The fourth-order valence-electron chi connectivity index (χ4n) is 1.40. The monoisotopic (exact) mass is 237 g/mol. The lowest BCUT2D eigenvalue weighted by Crippen LogP contribution is -2.19. The largest absolute Gasteiger partial charge is 0.494 e. The second-order valence-corrected chi connectivity index (χ2v) is 3.73. The maximum atomic E-state index is 9.80. The van der Waals surface area contributed by atoms with E-state index in [9.17, 15) is 4.91 Å². The number of anilines is 1. The van der Waals surface area contributed by atoms with Crippen molar-refractivity contribution < 1.29 is 4.74 Å². The van der Waals surface area contributed by atoms with E-state index in [1.54, 1.807) is 0 Å². The van der Waals surface area contributed by atoms with Crippen molar-refractivity contribution in [2.75, 3.05) is 32.0 Å². The van der Waals surface area contributed by atoms with Crippen molar-refractivity contribution in [3.8, 4) is 5.75 Å². The minimum absolute atomic E-state index is 0.333. The zero-order valence-corrected chi connectivity index (χ0v) is 9.89. The molecule has 0 radical (unpaired) electrons. The summed E-state index contributed by atoms with van der Waals surface area (Å²) in [7, 11) is 0. The highest BCUT2D eigenvalue weighted by molar-refractivity contribution is 5.43. The number of nitrogen functional groups attached to an aromatic ring is 1. The van der Waals surface area contributed by atoms with Crippen LogP contribution in [0.4, 0.5) is 5.69 Å². The molecule has 1 rings (SSSR count). The Morgan fingerprint density at radius 2 is 2.18 bits per heavy atom. The Kier molecular flexibility index (Phi) is 6.74. The lowest BCUT2D eigenvalue weighted by molar-refractivity contribution is 0.306. The van der Waals surface area contributed by atoms with Crippen molar-refractivity contribution in [2.24, 2.45) is 5.18 Å². The van der Waals surface area contributed by atoms with E-state index in [1.165, 1.54) is 0 Å². The first-order chi connectivity index (χ1) is 8.33. The van der Waals surface area contributed by atoms with Gasteiger partial charge in [-0.15, -0.1) is 0 Å². The lowest BCUT2D eigenvalue weighted by atomic mass is 10.3. The Hall–Kier alpha value is -1.62. The molecule has 94 valence electrons. The van der Waals surface area contributed by atoms with E-state index in [4.69, 9.17) is 10.5 Å². The molecule has 0 heterocycles. The second-order valence-electron chi connectivity index (χ2n) is 3.73. The average Bonchev–Trinajstić information content (AvgIpc) is 2.33. The van der Waals surface area contributed by atoms with Crippen molar-refractivity contribution in [3.63, 3.8) is 0 Å². The molecule has 0 saturated heterocycles. The number of hydrogen-bond donors (Lipinski definition) is 2. The second kappa shape index (κ2) is 8.52. The maximum absolute atomic E-state index is 9.80. The zero-order chi connectivity index (χ0) is 12.3. The summed E-state index contributed by atoms with van der Waals surface area (Å²) in [6.07, 6.45) is 1.98. The molecule has 5 nitrogen and oxygen atoms in total. The summed E-state index contributed by atoms with van der Waals surface area (Å²) < 4.78 is 5.54. The summed E-state index contributed by atoms with van der Waals surface area (Å²) in [4.78, 5) is 9.80. The van der Waals surface area contributed by atoms with Crippen LogP contribution < -0.4 is 15.8 Å². The van der Waals surface area contributed by atoms with Gasteiger partial charge in [0, 0.05) is 18.3 Å². The van der Waals surface area contributed by atoms with E-state index in [-0.39, 0.29) is 0 Å². The molecule has 0 unspecified atom stereocenters. The summed E-state index contributed by atoms with van der Waals surface area (Å²) in [5.41, 5.74) is 6.35. The number of nitrogens with zero attached hydrogens (tertiary/aromatic N) is 1. The van der Waals surface area contributed by atoms with Gasteiger partial charge < -0.3 is 15.8 Å². The van der Waals surface area contributed by atoms with Crippen LogP contribution in [0.1, 0.15) is 12.8 Å². The van der Waals surface area contributed by atoms with Gasteiger partial charge in [0.1, 0.15) is 5.75 Å². The fourth-order valence-corrected chi connectivity index (χ4v) is 1.40. The van der Waals surface area contributed by atoms with Crippen molar-refractivity contribution in [3.05, 3.63) is 29.2 Å². The number of benzene rings is 1. The molecule has 0 fully saturated rings. The molecular formula is C12H19N3O2. The fraction of sp³-hybridized carbons (Fsp3) is 0.500. The van der Waals surface area contributed by atoms with Gasteiger partial charge in [-0.05, 0) is 31.5 Å². The van der Waals surface area contributed by atoms with Gasteiger partial charge in [0.2, 0.25) is 0 Å². The van der Waals surface area contributed by atoms with Crippen molar-refractivity contribution >= 4 is 5.69 Å². The number of hydrogen-bond acceptors (Lipinski definition) is 5. The van der Waals surface area contributed by atoms with Crippen LogP contribution in [0.3, 0.4) is 0 Å². The van der Waals surface area contributed by atoms with E-state index in [0.717, 1.165) is 25.1 Å². The van der Waals surface area contributed by atoms with Crippen LogP contribution in [-0.2, 0) is 0 Å². The van der Waals surface area contributed by atoms with Crippen LogP contribution in [0.5, 0.6) is 5.75 Å². The number of ether oxygens (including phenoxy) is 1. The van der Waals surface area contributed by atoms with Crippen LogP contribution in [0.25, 0.3) is 0 Å². The molecule has 1 aromatic rings. The highest BCUT2D eigenvalue weighted by Gasteiger charge is 1.94. The molecule has 1 aromatic carbocycles. The number of nitroso groups, excluding NO2 is 1.